The van der Waals surface area contributed by atoms with Crippen molar-refractivity contribution in [1.82, 2.24) is 5.43 Å². The molecule has 2 N–H and O–H groups in total. The van der Waals surface area contributed by atoms with E-state index < -0.39 is 6.36 Å². The Bertz CT molecular complexity index is 1400. The van der Waals surface area contributed by atoms with Crippen LogP contribution in [0.2, 0.25) is 0 Å². The van der Waals surface area contributed by atoms with E-state index in [1.54, 1.807) is 18.3 Å². The molecule has 0 aromatic heterocycles. The highest BCUT2D eigenvalue weighted by atomic mass is 32.1. The molecule has 2 aliphatic rings. The molecular formula is C28H25F3N4O2S. The maximum Gasteiger partial charge on any atom is 0.573 e. The van der Waals surface area contributed by atoms with Gasteiger partial charge in [0.1, 0.15) is 5.75 Å². The van der Waals surface area contributed by atoms with Gasteiger partial charge in [0.15, 0.2) is 11.2 Å². The SMILES string of the molecule is Cc1cccc(C)c1NC(=S)N/N=C/c1ccc2c(c1)CCC1C2=NOC1c1ccc(OC(F)(F)F)cc1. The number of thiocarbonyl (C=S) groups is 1. The molecule has 0 saturated carbocycles. The van der Waals surface area contributed by atoms with Gasteiger partial charge in [-0.3, -0.25) is 5.43 Å². The molecule has 0 spiro atoms. The van der Waals surface area contributed by atoms with Crippen LogP contribution in [0.4, 0.5) is 18.9 Å². The second-order valence-corrected chi connectivity index (χ2v) is 9.68. The lowest BCUT2D eigenvalue weighted by Crippen LogP contribution is -2.25. The van der Waals surface area contributed by atoms with E-state index in [2.05, 4.69) is 31.8 Å². The van der Waals surface area contributed by atoms with Gasteiger partial charge in [-0.15, -0.1) is 13.2 Å². The van der Waals surface area contributed by atoms with Crippen molar-refractivity contribution in [3.63, 3.8) is 0 Å². The molecule has 0 amide bonds. The van der Waals surface area contributed by atoms with Crippen LogP contribution in [0.25, 0.3) is 0 Å². The normalized spacial score (nSPS) is 18.3. The topological polar surface area (TPSA) is 67.2 Å². The maximum absolute atomic E-state index is 12.5. The van der Waals surface area contributed by atoms with Crippen molar-refractivity contribution >= 4 is 34.9 Å². The number of anilines is 1. The highest BCUT2D eigenvalue weighted by molar-refractivity contribution is 7.80. The van der Waals surface area contributed by atoms with Crippen LogP contribution in [0.15, 0.2) is 70.9 Å². The third-order valence-electron chi connectivity index (χ3n) is 6.65. The number of aryl methyl sites for hydroxylation is 3. The van der Waals surface area contributed by atoms with Gasteiger partial charge < -0.3 is 14.9 Å². The minimum absolute atomic E-state index is 0.0198. The first-order valence-corrected chi connectivity index (χ1v) is 12.5. The summed E-state index contributed by atoms with van der Waals surface area (Å²) in [4.78, 5) is 5.74. The van der Waals surface area contributed by atoms with E-state index in [0.717, 1.165) is 57.6 Å². The standard InChI is InChI=1S/C28H25F3N4O2S/c1-16-4-3-5-17(2)24(16)33-27(38)34-32-15-18-6-12-22-20(14-18)9-13-23-25(22)35-37-26(23)19-7-10-21(11-8-19)36-28(29,30)31/h3-8,10-12,14-15,23,26H,9,13H2,1-2H3,(H2,33,34,38)/b32-15+. The summed E-state index contributed by atoms with van der Waals surface area (Å²) in [6.45, 7) is 4.04. The number of fused-ring (bicyclic) bond motifs is 3. The van der Waals surface area contributed by atoms with Crippen LogP contribution in [-0.2, 0) is 11.3 Å². The molecule has 0 saturated heterocycles. The predicted octanol–water partition coefficient (Wildman–Crippen LogP) is 6.56. The van der Waals surface area contributed by atoms with E-state index in [4.69, 9.17) is 17.1 Å². The van der Waals surface area contributed by atoms with Gasteiger partial charge in [0.25, 0.3) is 0 Å². The van der Waals surface area contributed by atoms with Crippen LogP contribution in [-0.4, -0.2) is 23.4 Å². The van der Waals surface area contributed by atoms with E-state index in [-0.39, 0.29) is 17.8 Å². The molecular weight excluding hydrogens is 513 g/mol. The quantitative estimate of drug-likeness (QED) is 0.219. The average molecular weight is 539 g/mol. The molecule has 3 aromatic rings. The third kappa shape index (κ3) is 5.65. The number of ether oxygens (including phenoxy) is 1. The van der Waals surface area contributed by atoms with E-state index in [9.17, 15) is 13.2 Å². The van der Waals surface area contributed by atoms with Crippen molar-refractivity contribution in [3.05, 3.63) is 94.0 Å². The molecule has 196 valence electrons. The fourth-order valence-corrected chi connectivity index (χ4v) is 5.02. The van der Waals surface area contributed by atoms with Crippen molar-refractivity contribution < 1.29 is 22.7 Å². The Morgan fingerprint density at radius 3 is 2.55 bits per heavy atom. The number of hydrazone groups is 1. The first-order valence-electron chi connectivity index (χ1n) is 12.1. The van der Waals surface area contributed by atoms with Crippen LogP contribution < -0.4 is 15.5 Å². The van der Waals surface area contributed by atoms with Gasteiger partial charge >= 0.3 is 6.36 Å². The molecule has 0 bridgehead atoms. The fourth-order valence-electron chi connectivity index (χ4n) is 4.87. The molecule has 10 heteroatoms. The number of hydrogen-bond donors (Lipinski definition) is 2. The molecule has 1 aliphatic heterocycles. The lowest BCUT2D eigenvalue weighted by Gasteiger charge is -2.25. The molecule has 0 radical (unpaired) electrons. The van der Waals surface area contributed by atoms with Crippen LogP contribution in [0.3, 0.4) is 0 Å². The summed E-state index contributed by atoms with van der Waals surface area (Å²) in [6, 6.07) is 17.8. The van der Waals surface area contributed by atoms with Gasteiger partial charge in [-0.25, -0.2) is 0 Å². The number of para-hydroxylation sites is 1. The molecule has 6 nitrogen and oxygen atoms in total. The summed E-state index contributed by atoms with van der Waals surface area (Å²) < 4.78 is 41.3. The third-order valence-corrected chi connectivity index (χ3v) is 6.85. The molecule has 0 fully saturated rings. The number of rotatable bonds is 5. The molecule has 2 unspecified atom stereocenters. The van der Waals surface area contributed by atoms with Gasteiger partial charge in [0, 0.05) is 17.2 Å². The Balaban J connectivity index is 1.22. The Kier molecular flexibility index (Phi) is 7.07. The zero-order valence-electron chi connectivity index (χ0n) is 20.7. The minimum atomic E-state index is -4.72. The summed E-state index contributed by atoms with van der Waals surface area (Å²) in [5.41, 5.74) is 10.7. The number of nitrogens with zero attached hydrogens (tertiary/aromatic N) is 2. The lowest BCUT2D eigenvalue weighted by atomic mass is 9.78. The predicted molar refractivity (Wildman–Crippen MR) is 145 cm³/mol. The number of halogens is 3. The number of nitrogens with one attached hydrogen (secondary N) is 2. The largest absolute Gasteiger partial charge is 0.573 e. The Labute approximate surface area is 223 Å². The zero-order chi connectivity index (χ0) is 26.9. The van der Waals surface area contributed by atoms with Crippen LogP contribution >= 0.6 is 12.2 Å². The van der Waals surface area contributed by atoms with Crippen LogP contribution in [0.5, 0.6) is 5.75 Å². The summed E-state index contributed by atoms with van der Waals surface area (Å²) >= 11 is 5.38. The Morgan fingerprint density at radius 2 is 1.84 bits per heavy atom. The number of benzene rings is 3. The second kappa shape index (κ2) is 10.4. The molecule has 1 heterocycles. The highest BCUT2D eigenvalue weighted by Gasteiger charge is 2.39. The summed E-state index contributed by atoms with van der Waals surface area (Å²) in [7, 11) is 0. The average Bonchev–Trinajstić information content (AvgIpc) is 3.30. The van der Waals surface area contributed by atoms with Gasteiger partial charge in [-0.1, -0.05) is 47.6 Å². The Hall–Kier alpha value is -3.92. The second-order valence-electron chi connectivity index (χ2n) is 9.27. The maximum atomic E-state index is 12.5. The molecule has 3 aromatic carbocycles. The molecule has 38 heavy (non-hydrogen) atoms. The summed E-state index contributed by atoms with van der Waals surface area (Å²) in [6.07, 6.45) is -1.74. The summed E-state index contributed by atoms with van der Waals surface area (Å²) in [5.74, 6) is -0.244. The molecule has 5 rings (SSSR count). The van der Waals surface area contributed by atoms with Crippen molar-refractivity contribution in [2.24, 2.45) is 16.2 Å². The van der Waals surface area contributed by atoms with Crippen LogP contribution in [0.1, 0.15) is 45.9 Å². The molecule has 2 atom stereocenters. The van der Waals surface area contributed by atoms with E-state index >= 15 is 0 Å². The van der Waals surface area contributed by atoms with Crippen molar-refractivity contribution in [3.8, 4) is 5.75 Å². The van der Waals surface area contributed by atoms with E-state index in [1.807, 2.05) is 44.2 Å². The van der Waals surface area contributed by atoms with Gasteiger partial charge in [-0.2, -0.15) is 5.10 Å². The van der Waals surface area contributed by atoms with Crippen molar-refractivity contribution in [2.75, 3.05) is 5.32 Å². The lowest BCUT2D eigenvalue weighted by molar-refractivity contribution is -0.274. The smallest absolute Gasteiger partial charge is 0.406 e. The Morgan fingerprint density at radius 1 is 1.11 bits per heavy atom. The van der Waals surface area contributed by atoms with Crippen LogP contribution in [0, 0.1) is 19.8 Å². The van der Waals surface area contributed by atoms with E-state index in [1.165, 1.54) is 12.1 Å². The van der Waals surface area contributed by atoms with Crippen molar-refractivity contribution in [2.45, 2.75) is 39.2 Å². The zero-order valence-corrected chi connectivity index (χ0v) is 21.5. The number of alkyl halides is 3. The minimum Gasteiger partial charge on any atom is -0.406 e. The fraction of sp³-hybridized carbons (Fsp3) is 0.250. The molecule has 1 aliphatic carbocycles. The number of hydrogen-bond acceptors (Lipinski definition) is 5. The van der Waals surface area contributed by atoms with Crippen molar-refractivity contribution in [1.29, 1.82) is 0 Å². The number of oxime groups is 1. The highest BCUT2D eigenvalue weighted by Crippen LogP contribution is 2.42. The van der Waals surface area contributed by atoms with Gasteiger partial charge in [0.2, 0.25) is 0 Å². The van der Waals surface area contributed by atoms with Gasteiger partial charge in [0.05, 0.1) is 11.9 Å². The monoisotopic (exact) mass is 538 g/mol. The first kappa shape index (κ1) is 25.7. The van der Waals surface area contributed by atoms with Gasteiger partial charge in [-0.05, 0) is 84.9 Å². The summed E-state index contributed by atoms with van der Waals surface area (Å²) in [5, 5.41) is 12.2. The van der Waals surface area contributed by atoms with E-state index in [0.29, 0.717) is 5.11 Å². The first-order chi connectivity index (χ1) is 18.2.